The van der Waals surface area contributed by atoms with Crippen LogP contribution in [0.25, 0.3) is 5.65 Å². The van der Waals surface area contributed by atoms with Crippen LogP contribution in [0.1, 0.15) is 23.4 Å². The Morgan fingerprint density at radius 3 is 2.61 bits per heavy atom. The highest BCUT2D eigenvalue weighted by Gasteiger charge is 2.22. The van der Waals surface area contributed by atoms with Crippen LogP contribution in [0.15, 0.2) is 44.8 Å². The van der Waals surface area contributed by atoms with Gasteiger partial charge in [0, 0.05) is 62.7 Å². The molecule has 3 aromatic rings. The van der Waals surface area contributed by atoms with Crippen LogP contribution in [0.4, 0.5) is 0 Å². The van der Waals surface area contributed by atoms with Crippen LogP contribution in [0.2, 0.25) is 0 Å². The summed E-state index contributed by atoms with van der Waals surface area (Å²) < 4.78 is 1.51. The van der Waals surface area contributed by atoms with Crippen LogP contribution in [-0.4, -0.2) is 61.2 Å². The Bertz CT molecular complexity index is 1280. The van der Waals surface area contributed by atoms with Crippen molar-refractivity contribution in [3.8, 4) is 0 Å². The number of hydrogen-bond donors (Lipinski definition) is 2. The number of pyridine rings is 1. The van der Waals surface area contributed by atoms with Gasteiger partial charge in [0.1, 0.15) is 5.65 Å². The number of rotatable bonds is 5. The van der Waals surface area contributed by atoms with Crippen LogP contribution in [-0.2, 0) is 17.8 Å². The van der Waals surface area contributed by atoms with Gasteiger partial charge in [0.2, 0.25) is 5.91 Å². The van der Waals surface area contributed by atoms with Gasteiger partial charge in [-0.2, -0.15) is 0 Å². The van der Waals surface area contributed by atoms with E-state index in [9.17, 15) is 19.2 Å². The molecule has 0 aromatic carbocycles. The summed E-state index contributed by atoms with van der Waals surface area (Å²) in [5.41, 5.74) is 1.15. The molecule has 0 spiro atoms. The molecule has 10 nitrogen and oxygen atoms in total. The fourth-order valence-electron chi connectivity index (χ4n) is 3.89. The van der Waals surface area contributed by atoms with Crippen molar-refractivity contribution in [2.75, 3.05) is 26.2 Å². The maximum atomic E-state index is 12.6. The van der Waals surface area contributed by atoms with Crippen LogP contribution >= 0.6 is 0 Å². The number of H-pyrrole nitrogens is 2. The molecule has 31 heavy (non-hydrogen) atoms. The first-order valence-electron chi connectivity index (χ1n) is 10.2. The van der Waals surface area contributed by atoms with Crippen LogP contribution < -0.4 is 16.8 Å². The summed E-state index contributed by atoms with van der Waals surface area (Å²) in [5.74, 6) is -0.0216. The van der Waals surface area contributed by atoms with E-state index in [4.69, 9.17) is 0 Å². The molecule has 4 heterocycles. The number of carbonyl (C=O) groups is 1. The number of fused-ring (bicyclic) bond motifs is 1. The SMILES string of the molecule is Cc1[nH]c(=O)[nH]c(=O)c1CCC(=O)N1CCN(Cc2cc(=O)n3ccccc3n2)CC1. The van der Waals surface area contributed by atoms with E-state index in [0.717, 1.165) is 0 Å². The molecule has 0 atom stereocenters. The zero-order valence-corrected chi connectivity index (χ0v) is 17.3. The first kappa shape index (κ1) is 20.7. The quantitative estimate of drug-likeness (QED) is 0.577. The topological polar surface area (TPSA) is 124 Å². The van der Waals surface area contributed by atoms with Crippen LogP contribution in [0, 0.1) is 6.92 Å². The lowest BCUT2D eigenvalue weighted by Crippen LogP contribution is -2.48. The Kier molecular flexibility index (Phi) is 5.81. The molecular formula is C21H24N6O4. The second-order valence-electron chi connectivity index (χ2n) is 7.68. The molecule has 2 N–H and O–H groups in total. The average Bonchev–Trinajstić information content (AvgIpc) is 2.73. The molecule has 1 aliphatic heterocycles. The molecule has 1 amide bonds. The maximum absolute atomic E-state index is 12.6. The summed E-state index contributed by atoms with van der Waals surface area (Å²) in [6.45, 7) is 4.72. The molecule has 0 radical (unpaired) electrons. The van der Waals surface area contributed by atoms with Gasteiger partial charge in [-0.25, -0.2) is 9.78 Å². The van der Waals surface area contributed by atoms with Crippen molar-refractivity contribution in [2.24, 2.45) is 0 Å². The fourth-order valence-corrected chi connectivity index (χ4v) is 3.89. The Morgan fingerprint density at radius 1 is 1.10 bits per heavy atom. The monoisotopic (exact) mass is 424 g/mol. The van der Waals surface area contributed by atoms with Gasteiger partial charge in [-0.15, -0.1) is 0 Å². The number of carbonyl (C=O) groups excluding carboxylic acids is 1. The van der Waals surface area contributed by atoms with Gasteiger partial charge in [0.05, 0.1) is 5.69 Å². The van der Waals surface area contributed by atoms with E-state index in [1.54, 1.807) is 36.2 Å². The number of amides is 1. The van der Waals surface area contributed by atoms with Crippen molar-refractivity contribution >= 4 is 11.6 Å². The highest BCUT2D eigenvalue weighted by Crippen LogP contribution is 2.10. The van der Waals surface area contributed by atoms with Crippen LogP contribution in [0.3, 0.4) is 0 Å². The van der Waals surface area contributed by atoms with Crippen molar-refractivity contribution < 1.29 is 4.79 Å². The zero-order valence-electron chi connectivity index (χ0n) is 17.3. The van der Waals surface area contributed by atoms with E-state index >= 15 is 0 Å². The Balaban J connectivity index is 1.32. The normalized spacial score (nSPS) is 14.8. The summed E-state index contributed by atoms with van der Waals surface area (Å²) >= 11 is 0. The van der Waals surface area contributed by atoms with Crippen molar-refractivity contribution in [3.63, 3.8) is 0 Å². The minimum atomic E-state index is -0.544. The van der Waals surface area contributed by atoms with Crippen LogP contribution in [0.5, 0.6) is 0 Å². The molecule has 10 heteroatoms. The smallest absolute Gasteiger partial charge is 0.325 e. The minimum absolute atomic E-state index is 0.0216. The first-order chi connectivity index (χ1) is 14.9. The fraction of sp³-hybridized carbons (Fsp3) is 0.381. The highest BCUT2D eigenvalue weighted by atomic mass is 16.2. The number of hydrogen-bond acceptors (Lipinski definition) is 6. The van der Waals surface area contributed by atoms with E-state index < -0.39 is 11.2 Å². The third-order valence-electron chi connectivity index (χ3n) is 5.58. The third-order valence-corrected chi connectivity index (χ3v) is 5.58. The number of aromatic nitrogens is 4. The van der Waals surface area contributed by atoms with E-state index in [0.29, 0.717) is 55.3 Å². The highest BCUT2D eigenvalue weighted by molar-refractivity contribution is 5.76. The summed E-state index contributed by atoms with van der Waals surface area (Å²) in [6, 6.07) is 6.99. The molecule has 162 valence electrons. The molecule has 0 unspecified atom stereocenters. The Labute approximate surface area is 177 Å². The number of piperazine rings is 1. The molecule has 3 aromatic heterocycles. The Hall–Kier alpha value is -3.53. The van der Waals surface area contributed by atoms with Gasteiger partial charge in [-0.3, -0.25) is 28.7 Å². The Morgan fingerprint density at radius 2 is 1.87 bits per heavy atom. The van der Waals surface area contributed by atoms with Crippen molar-refractivity contribution in [2.45, 2.75) is 26.3 Å². The standard InChI is InChI=1S/C21H24N6O4/c1-14-16(20(30)24-21(31)22-14)5-6-18(28)26-10-8-25(9-11-26)13-15-12-19(29)27-7-3-2-4-17(27)23-15/h2-4,7,12H,5-6,8-11,13H2,1H3,(H2,22,24,30,31). The van der Waals surface area contributed by atoms with E-state index in [-0.39, 0.29) is 24.3 Å². The molecule has 0 bridgehead atoms. The number of aryl methyl sites for hydroxylation is 1. The summed E-state index contributed by atoms with van der Waals surface area (Å²) in [6.07, 6.45) is 2.18. The largest absolute Gasteiger partial charge is 0.340 e. The van der Waals surface area contributed by atoms with Crippen molar-refractivity contribution in [3.05, 3.63) is 78.6 Å². The molecular weight excluding hydrogens is 400 g/mol. The summed E-state index contributed by atoms with van der Waals surface area (Å²) in [5, 5.41) is 0. The predicted octanol–water partition coefficient (Wildman–Crippen LogP) is -0.343. The summed E-state index contributed by atoms with van der Waals surface area (Å²) in [4.78, 5) is 61.3. The molecule has 1 fully saturated rings. The van der Waals surface area contributed by atoms with Gasteiger partial charge in [0.25, 0.3) is 11.1 Å². The molecule has 0 aliphatic carbocycles. The van der Waals surface area contributed by atoms with Gasteiger partial charge < -0.3 is 9.88 Å². The van der Waals surface area contributed by atoms with E-state index in [2.05, 4.69) is 19.9 Å². The second-order valence-corrected chi connectivity index (χ2v) is 7.68. The number of nitrogens with one attached hydrogen (secondary N) is 2. The maximum Gasteiger partial charge on any atom is 0.325 e. The van der Waals surface area contributed by atoms with Gasteiger partial charge >= 0.3 is 5.69 Å². The van der Waals surface area contributed by atoms with E-state index in [1.165, 1.54) is 4.40 Å². The number of nitrogens with zero attached hydrogens (tertiary/aromatic N) is 4. The summed E-state index contributed by atoms with van der Waals surface area (Å²) in [7, 11) is 0. The van der Waals surface area contributed by atoms with Crippen molar-refractivity contribution in [1.29, 1.82) is 0 Å². The number of aromatic amines is 2. The predicted molar refractivity (Wildman–Crippen MR) is 114 cm³/mol. The zero-order chi connectivity index (χ0) is 22.0. The van der Waals surface area contributed by atoms with Gasteiger partial charge in [-0.1, -0.05) is 6.07 Å². The van der Waals surface area contributed by atoms with E-state index in [1.807, 2.05) is 6.07 Å². The van der Waals surface area contributed by atoms with Gasteiger partial charge in [-0.05, 0) is 25.5 Å². The molecule has 0 saturated carbocycles. The molecule has 1 saturated heterocycles. The average molecular weight is 424 g/mol. The minimum Gasteiger partial charge on any atom is -0.340 e. The molecule has 1 aliphatic rings. The lowest BCUT2D eigenvalue weighted by Gasteiger charge is -2.34. The van der Waals surface area contributed by atoms with Gasteiger partial charge in [0.15, 0.2) is 0 Å². The third kappa shape index (κ3) is 4.64. The first-order valence-corrected chi connectivity index (χ1v) is 10.2. The lowest BCUT2D eigenvalue weighted by molar-refractivity contribution is -0.133. The second kappa shape index (κ2) is 8.68. The lowest BCUT2D eigenvalue weighted by atomic mass is 10.1. The van der Waals surface area contributed by atoms with Crippen molar-refractivity contribution in [1.82, 2.24) is 29.2 Å². The molecule has 4 rings (SSSR count).